The third-order valence-electron chi connectivity index (χ3n) is 3.84. The smallest absolute Gasteiger partial charge is 0.241 e. The number of guanidine groups is 1. The average molecular weight is 302 g/mol. The predicted molar refractivity (Wildman–Crippen MR) is 90.0 cm³/mol. The Morgan fingerprint density at radius 3 is 2.64 bits per heavy atom. The number of rotatable bonds is 5. The first-order valence-electron chi connectivity index (χ1n) is 8.09. The lowest BCUT2D eigenvalue weighted by molar-refractivity contribution is -0.119. The molecule has 0 aliphatic carbocycles. The SMILES string of the molecule is CCNC(=O)CN=C(NCC)N1CCC(c2ccccc2)C1. The van der Waals surface area contributed by atoms with Crippen molar-refractivity contribution >= 4 is 11.9 Å². The number of hydrogen-bond donors (Lipinski definition) is 2. The molecule has 0 bridgehead atoms. The fourth-order valence-corrected chi connectivity index (χ4v) is 2.78. The van der Waals surface area contributed by atoms with E-state index in [4.69, 9.17) is 0 Å². The lowest BCUT2D eigenvalue weighted by Gasteiger charge is -2.21. The molecule has 2 N–H and O–H groups in total. The Hall–Kier alpha value is -2.04. The molecule has 0 radical (unpaired) electrons. The van der Waals surface area contributed by atoms with Crippen molar-refractivity contribution in [2.24, 2.45) is 4.99 Å². The summed E-state index contributed by atoms with van der Waals surface area (Å²) in [5.41, 5.74) is 1.38. The van der Waals surface area contributed by atoms with E-state index in [1.807, 2.05) is 19.9 Å². The molecular formula is C17H26N4O. The molecule has 120 valence electrons. The van der Waals surface area contributed by atoms with Gasteiger partial charge in [0.2, 0.25) is 5.91 Å². The van der Waals surface area contributed by atoms with Crippen LogP contribution in [-0.4, -0.2) is 49.5 Å². The predicted octanol–water partition coefficient (Wildman–Crippen LogP) is 1.58. The standard InChI is InChI=1S/C17H26N4O/c1-3-18-16(22)12-20-17(19-4-2)21-11-10-15(13-21)14-8-6-5-7-9-14/h5-9,15H,3-4,10-13H2,1-2H3,(H,18,22)(H,19,20). The van der Waals surface area contributed by atoms with Crippen molar-refractivity contribution in [2.75, 3.05) is 32.7 Å². The molecule has 1 aromatic carbocycles. The van der Waals surface area contributed by atoms with Gasteiger partial charge in [-0.2, -0.15) is 0 Å². The summed E-state index contributed by atoms with van der Waals surface area (Å²) in [6, 6.07) is 10.6. The third kappa shape index (κ3) is 4.48. The summed E-state index contributed by atoms with van der Waals surface area (Å²) >= 11 is 0. The highest BCUT2D eigenvalue weighted by Gasteiger charge is 2.25. The number of hydrogen-bond acceptors (Lipinski definition) is 2. The molecule has 0 spiro atoms. The van der Waals surface area contributed by atoms with Gasteiger partial charge in [0.15, 0.2) is 5.96 Å². The van der Waals surface area contributed by atoms with Crippen molar-refractivity contribution in [1.82, 2.24) is 15.5 Å². The lowest BCUT2D eigenvalue weighted by Crippen LogP contribution is -2.40. The summed E-state index contributed by atoms with van der Waals surface area (Å²) in [6.45, 7) is 7.52. The van der Waals surface area contributed by atoms with Crippen LogP contribution in [0, 0.1) is 0 Å². The normalized spacial score (nSPS) is 18.4. The van der Waals surface area contributed by atoms with Gasteiger partial charge in [0, 0.05) is 32.1 Å². The van der Waals surface area contributed by atoms with E-state index >= 15 is 0 Å². The van der Waals surface area contributed by atoms with Crippen molar-refractivity contribution in [2.45, 2.75) is 26.2 Å². The summed E-state index contributed by atoms with van der Waals surface area (Å²) in [5.74, 6) is 1.35. The Morgan fingerprint density at radius 2 is 1.95 bits per heavy atom. The van der Waals surface area contributed by atoms with E-state index in [2.05, 4.69) is 44.8 Å². The van der Waals surface area contributed by atoms with Crippen LogP contribution in [0.1, 0.15) is 31.7 Å². The van der Waals surface area contributed by atoms with E-state index < -0.39 is 0 Å². The van der Waals surface area contributed by atoms with Gasteiger partial charge in [-0.05, 0) is 25.8 Å². The van der Waals surface area contributed by atoms with Gasteiger partial charge in [-0.15, -0.1) is 0 Å². The summed E-state index contributed by atoms with van der Waals surface area (Å²) in [4.78, 5) is 18.3. The Bertz CT molecular complexity index is 501. The molecule has 1 fully saturated rings. The molecule has 1 aliphatic rings. The van der Waals surface area contributed by atoms with Crippen LogP contribution >= 0.6 is 0 Å². The number of likely N-dealkylation sites (tertiary alicyclic amines) is 1. The van der Waals surface area contributed by atoms with Gasteiger partial charge in [0.25, 0.3) is 0 Å². The van der Waals surface area contributed by atoms with E-state index in [-0.39, 0.29) is 12.5 Å². The highest BCUT2D eigenvalue weighted by Crippen LogP contribution is 2.26. The van der Waals surface area contributed by atoms with Crippen LogP contribution in [0.2, 0.25) is 0 Å². The van der Waals surface area contributed by atoms with Crippen LogP contribution in [0.4, 0.5) is 0 Å². The van der Waals surface area contributed by atoms with Gasteiger partial charge >= 0.3 is 0 Å². The number of benzene rings is 1. The first-order valence-corrected chi connectivity index (χ1v) is 8.09. The topological polar surface area (TPSA) is 56.7 Å². The molecule has 1 unspecified atom stereocenters. The van der Waals surface area contributed by atoms with Crippen molar-refractivity contribution in [3.05, 3.63) is 35.9 Å². The molecule has 0 aromatic heterocycles. The molecule has 2 rings (SSSR count). The largest absolute Gasteiger partial charge is 0.357 e. The van der Waals surface area contributed by atoms with Crippen LogP contribution in [0.25, 0.3) is 0 Å². The number of nitrogens with zero attached hydrogens (tertiary/aromatic N) is 2. The first-order chi connectivity index (χ1) is 10.7. The summed E-state index contributed by atoms with van der Waals surface area (Å²) in [7, 11) is 0. The maximum atomic E-state index is 11.6. The van der Waals surface area contributed by atoms with Crippen molar-refractivity contribution in [1.29, 1.82) is 0 Å². The molecule has 1 heterocycles. The molecule has 0 saturated carbocycles. The van der Waals surface area contributed by atoms with Gasteiger partial charge in [0.05, 0.1) is 0 Å². The summed E-state index contributed by atoms with van der Waals surface area (Å²) in [6.07, 6.45) is 1.12. The molecular weight excluding hydrogens is 276 g/mol. The second-order valence-electron chi connectivity index (χ2n) is 5.47. The molecule has 1 amide bonds. The molecule has 5 heteroatoms. The van der Waals surface area contributed by atoms with E-state index in [0.29, 0.717) is 12.5 Å². The van der Waals surface area contributed by atoms with Gasteiger partial charge < -0.3 is 15.5 Å². The molecule has 1 atom stereocenters. The summed E-state index contributed by atoms with van der Waals surface area (Å²) in [5, 5.41) is 6.07. The Labute approximate surface area is 132 Å². The first kappa shape index (κ1) is 16.3. The molecule has 1 aliphatic heterocycles. The third-order valence-corrected chi connectivity index (χ3v) is 3.84. The summed E-state index contributed by atoms with van der Waals surface area (Å²) < 4.78 is 0. The number of nitrogens with one attached hydrogen (secondary N) is 2. The van der Waals surface area contributed by atoms with Crippen LogP contribution in [0.3, 0.4) is 0 Å². The van der Waals surface area contributed by atoms with Gasteiger partial charge in [-0.3, -0.25) is 4.79 Å². The van der Waals surface area contributed by atoms with E-state index in [9.17, 15) is 4.79 Å². The van der Waals surface area contributed by atoms with Crippen LogP contribution in [0.15, 0.2) is 35.3 Å². The fraction of sp³-hybridized carbons (Fsp3) is 0.529. The van der Waals surface area contributed by atoms with Crippen LogP contribution in [0.5, 0.6) is 0 Å². The maximum Gasteiger partial charge on any atom is 0.241 e. The van der Waals surface area contributed by atoms with E-state index in [1.54, 1.807) is 0 Å². The number of carbonyl (C=O) groups is 1. The van der Waals surface area contributed by atoms with Crippen molar-refractivity contribution < 1.29 is 4.79 Å². The fourth-order valence-electron chi connectivity index (χ4n) is 2.78. The Kier molecular flexibility index (Phi) is 6.25. The zero-order chi connectivity index (χ0) is 15.8. The van der Waals surface area contributed by atoms with Gasteiger partial charge in [-0.1, -0.05) is 30.3 Å². The second kappa shape index (κ2) is 8.41. The minimum absolute atomic E-state index is 0.0308. The molecule has 22 heavy (non-hydrogen) atoms. The zero-order valence-electron chi connectivity index (χ0n) is 13.5. The highest BCUT2D eigenvalue weighted by atomic mass is 16.1. The molecule has 5 nitrogen and oxygen atoms in total. The Morgan fingerprint density at radius 1 is 1.23 bits per heavy atom. The van der Waals surface area contributed by atoms with E-state index in [0.717, 1.165) is 32.0 Å². The molecule has 1 saturated heterocycles. The van der Waals surface area contributed by atoms with Crippen molar-refractivity contribution in [3.63, 3.8) is 0 Å². The number of aliphatic imine (C=N–C) groups is 1. The maximum absolute atomic E-state index is 11.6. The zero-order valence-corrected chi connectivity index (χ0v) is 13.5. The molecule has 1 aromatic rings. The van der Waals surface area contributed by atoms with Gasteiger partial charge in [-0.25, -0.2) is 4.99 Å². The lowest BCUT2D eigenvalue weighted by atomic mass is 9.99. The van der Waals surface area contributed by atoms with Crippen LogP contribution in [-0.2, 0) is 4.79 Å². The highest BCUT2D eigenvalue weighted by molar-refractivity contribution is 5.85. The number of amides is 1. The quantitative estimate of drug-likeness (QED) is 0.641. The Balaban J connectivity index is 1.98. The average Bonchev–Trinajstić information content (AvgIpc) is 3.02. The monoisotopic (exact) mass is 302 g/mol. The van der Waals surface area contributed by atoms with Crippen molar-refractivity contribution in [3.8, 4) is 0 Å². The number of likely N-dealkylation sites (N-methyl/N-ethyl adjacent to an activating group) is 1. The number of carbonyl (C=O) groups excluding carboxylic acids is 1. The minimum Gasteiger partial charge on any atom is -0.357 e. The van der Waals surface area contributed by atoms with Crippen LogP contribution < -0.4 is 10.6 Å². The minimum atomic E-state index is -0.0308. The second-order valence-corrected chi connectivity index (χ2v) is 5.47. The van der Waals surface area contributed by atoms with Gasteiger partial charge in [0.1, 0.15) is 6.54 Å². The van der Waals surface area contributed by atoms with E-state index in [1.165, 1.54) is 5.56 Å².